The summed E-state index contributed by atoms with van der Waals surface area (Å²) >= 11 is 0. The van der Waals surface area contributed by atoms with Crippen molar-refractivity contribution < 1.29 is 0 Å². The van der Waals surface area contributed by atoms with Gasteiger partial charge in [0.1, 0.15) is 0 Å². The lowest BCUT2D eigenvalue weighted by Gasteiger charge is -2.36. The molecule has 0 spiro atoms. The monoisotopic (exact) mass is 233 g/mol. The first-order valence-corrected chi connectivity index (χ1v) is 6.38. The molecular formula is C14H23N3. The Morgan fingerprint density at radius 1 is 1.41 bits per heavy atom. The quantitative estimate of drug-likeness (QED) is 0.770. The summed E-state index contributed by atoms with van der Waals surface area (Å²) in [4.78, 5) is 2.40. The van der Waals surface area contributed by atoms with Gasteiger partial charge in [-0.3, -0.25) is 0 Å². The third-order valence-electron chi connectivity index (χ3n) is 3.82. The highest BCUT2D eigenvalue weighted by molar-refractivity contribution is 5.63. The van der Waals surface area contributed by atoms with Crippen LogP contribution in [-0.4, -0.2) is 31.1 Å². The molecule has 0 amide bonds. The zero-order valence-corrected chi connectivity index (χ0v) is 11.0. The molecular weight excluding hydrogens is 210 g/mol. The van der Waals surface area contributed by atoms with Crippen molar-refractivity contribution in [1.29, 1.82) is 0 Å². The normalized spacial score (nSPS) is 25.8. The summed E-state index contributed by atoms with van der Waals surface area (Å²) in [7, 11) is 2.19. The number of likely N-dealkylation sites (tertiary alicyclic amines) is 1. The van der Waals surface area contributed by atoms with Gasteiger partial charge in [0.2, 0.25) is 0 Å². The predicted molar refractivity (Wildman–Crippen MR) is 74.3 cm³/mol. The summed E-state index contributed by atoms with van der Waals surface area (Å²) in [5.41, 5.74) is 9.16. The van der Waals surface area contributed by atoms with E-state index >= 15 is 0 Å². The average molecular weight is 233 g/mol. The second-order valence-corrected chi connectivity index (χ2v) is 5.30. The van der Waals surface area contributed by atoms with Gasteiger partial charge in [-0.25, -0.2) is 0 Å². The van der Waals surface area contributed by atoms with Gasteiger partial charge < -0.3 is 16.0 Å². The molecule has 2 unspecified atom stereocenters. The number of nitrogens with zero attached hydrogens (tertiary/aromatic N) is 1. The molecule has 3 nitrogen and oxygen atoms in total. The Hall–Kier alpha value is -1.22. The Balaban J connectivity index is 2.08. The first kappa shape index (κ1) is 12.2. The van der Waals surface area contributed by atoms with E-state index in [9.17, 15) is 0 Å². The summed E-state index contributed by atoms with van der Waals surface area (Å²) in [6.07, 6.45) is 1.20. The highest BCUT2D eigenvalue weighted by atomic mass is 15.1. The molecule has 1 heterocycles. The summed E-state index contributed by atoms with van der Waals surface area (Å²) in [5.74, 6) is 0.676. The van der Waals surface area contributed by atoms with E-state index in [4.69, 9.17) is 5.73 Å². The number of hydrogen-bond donors (Lipinski definition) is 2. The molecule has 1 saturated heterocycles. The second-order valence-electron chi connectivity index (χ2n) is 5.30. The van der Waals surface area contributed by atoms with Crippen molar-refractivity contribution in [3.63, 3.8) is 0 Å². The molecule has 3 N–H and O–H groups in total. The van der Waals surface area contributed by atoms with Crippen molar-refractivity contribution in [2.24, 2.45) is 5.92 Å². The third kappa shape index (κ3) is 2.72. The third-order valence-corrected chi connectivity index (χ3v) is 3.82. The fourth-order valence-electron chi connectivity index (χ4n) is 2.58. The summed E-state index contributed by atoms with van der Waals surface area (Å²) in [6, 6.07) is 6.66. The van der Waals surface area contributed by atoms with Crippen molar-refractivity contribution in [2.75, 3.05) is 31.2 Å². The molecule has 2 atom stereocenters. The van der Waals surface area contributed by atoms with E-state index in [-0.39, 0.29) is 0 Å². The Bertz CT molecular complexity index is 389. The van der Waals surface area contributed by atoms with Crippen molar-refractivity contribution in [2.45, 2.75) is 26.3 Å². The van der Waals surface area contributed by atoms with Gasteiger partial charge in [-0.15, -0.1) is 0 Å². The van der Waals surface area contributed by atoms with Crippen molar-refractivity contribution in [3.8, 4) is 0 Å². The number of hydrogen-bond acceptors (Lipinski definition) is 3. The van der Waals surface area contributed by atoms with E-state index < -0.39 is 0 Å². The fourth-order valence-corrected chi connectivity index (χ4v) is 2.58. The van der Waals surface area contributed by atoms with Gasteiger partial charge in [0, 0.05) is 24.0 Å². The van der Waals surface area contributed by atoms with E-state index in [1.54, 1.807) is 0 Å². The van der Waals surface area contributed by atoms with Crippen molar-refractivity contribution in [3.05, 3.63) is 23.8 Å². The standard InChI is InChI=1S/C14H23N3/c1-10-9-17(3)8-7-13(10)16-14-6-4-5-12(15)11(14)2/h4-6,10,13,16H,7-9,15H2,1-3H3. The lowest BCUT2D eigenvalue weighted by Crippen LogP contribution is -2.43. The van der Waals surface area contributed by atoms with Gasteiger partial charge in [0.05, 0.1) is 0 Å². The minimum absolute atomic E-state index is 0.562. The molecule has 17 heavy (non-hydrogen) atoms. The Morgan fingerprint density at radius 3 is 2.88 bits per heavy atom. The Morgan fingerprint density at radius 2 is 2.18 bits per heavy atom. The maximum atomic E-state index is 5.93. The van der Waals surface area contributed by atoms with Crippen LogP contribution in [0.1, 0.15) is 18.9 Å². The molecule has 0 aliphatic carbocycles. The maximum absolute atomic E-state index is 5.93. The molecule has 94 valence electrons. The lowest BCUT2D eigenvalue weighted by molar-refractivity contribution is 0.206. The average Bonchev–Trinajstić information content (AvgIpc) is 2.28. The molecule has 1 aliphatic rings. The minimum Gasteiger partial charge on any atom is -0.398 e. The zero-order chi connectivity index (χ0) is 12.4. The highest BCUT2D eigenvalue weighted by Crippen LogP contribution is 2.25. The molecule has 1 aliphatic heterocycles. The van der Waals surface area contributed by atoms with Crippen molar-refractivity contribution in [1.82, 2.24) is 4.90 Å². The number of benzene rings is 1. The predicted octanol–water partition coefficient (Wildman–Crippen LogP) is 2.33. The number of rotatable bonds is 2. The maximum Gasteiger partial charge on any atom is 0.0392 e. The molecule has 3 heteroatoms. The van der Waals surface area contributed by atoms with E-state index in [1.165, 1.54) is 30.8 Å². The second kappa shape index (κ2) is 4.96. The molecule has 2 rings (SSSR count). The van der Waals surface area contributed by atoms with E-state index in [0.717, 1.165) is 5.69 Å². The molecule has 1 aromatic rings. The van der Waals surface area contributed by atoms with Crippen LogP contribution < -0.4 is 11.1 Å². The van der Waals surface area contributed by atoms with Crippen LogP contribution in [0, 0.1) is 12.8 Å². The number of piperidine rings is 1. The fraction of sp³-hybridized carbons (Fsp3) is 0.571. The van der Waals surface area contributed by atoms with Gasteiger partial charge in [-0.05, 0) is 50.6 Å². The molecule has 0 aromatic heterocycles. The SMILES string of the molecule is Cc1c(N)cccc1NC1CCN(C)CC1C. The summed E-state index contributed by atoms with van der Waals surface area (Å²) < 4.78 is 0. The molecule has 1 fully saturated rings. The number of nitrogen functional groups attached to an aromatic ring is 1. The van der Waals surface area contributed by atoms with Crippen LogP contribution in [0.3, 0.4) is 0 Å². The molecule has 0 saturated carbocycles. The van der Waals surface area contributed by atoms with E-state index in [2.05, 4.69) is 37.2 Å². The summed E-state index contributed by atoms with van der Waals surface area (Å²) in [5, 5.41) is 3.65. The Labute approximate surface area is 104 Å². The highest BCUT2D eigenvalue weighted by Gasteiger charge is 2.24. The lowest BCUT2D eigenvalue weighted by atomic mass is 9.93. The van der Waals surface area contributed by atoms with Gasteiger partial charge in [-0.1, -0.05) is 13.0 Å². The molecule has 1 aromatic carbocycles. The minimum atomic E-state index is 0.562. The van der Waals surface area contributed by atoms with Crippen LogP contribution in [0.4, 0.5) is 11.4 Å². The van der Waals surface area contributed by atoms with Gasteiger partial charge >= 0.3 is 0 Å². The molecule has 0 bridgehead atoms. The van der Waals surface area contributed by atoms with Gasteiger partial charge in [0.15, 0.2) is 0 Å². The van der Waals surface area contributed by atoms with Crippen LogP contribution in [-0.2, 0) is 0 Å². The number of anilines is 2. The molecule has 0 radical (unpaired) electrons. The van der Waals surface area contributed by atoms with Crippen LogP contribution in [0.5, 0.6) is 0 Å². The van der Waals surface area contributed by atoms with Crippen molar-refractivity contribution >= 4 is 11.4 Å². The van der Waals surface area contributed by atoms with E-state index in [0.29, 0.717) is 12.0 Å². The van der Waals surface area contributed by atoms with Gasteiger partial charge in [0.25, 0.3) is 0 Å². The largest absolute Gasteiger partial charge is 0.398 e. The van der Waals surface area contributed by atoms with Gasteiger partial charge in [-0.2, -0.15) is 0 Å². The Kier molecular flexibility index (Phi) is 3.57. The van der Waals surface area contributed by atoms with Crippen LogP contribution in [0.2, 0.25) is 0 Å². The van der Waals surface area contributed by atoms with E-state index in [1.807, 2.05) is 12.1 Å². The van der Waals surface area contributed by atoms with Crippen LogP contribution >= 0.6 is 0 Å². The first-order valence-electron chi connectivity index (χ1n) is 6.38. The first-order chi connectivity index (χ1) is 8.08. The summed E-state index contributed by atoms with van der Waals surface area (Å²) in [6.45, 7) is 6.73. The zero-order valence-electron chi connectivity index (χ0n) is 11.0. The number of nitrogens with one attached hydrogen (secondary N) is 1. The van der Waals surface area contributed by atoms with Crippen LogP contribution in [0.15, 0.2) is 18.2 Å². The smallest absolute Gasteiger partial charge is 0.0392 e. The van der Waals surface area contributed by atoms with Crippen LogP contribution in [0.25, 0.3) is 0 Å². The number of nitrogens with two attached hydrogens (primary N) is 1. The topological polar surface area (TPSA) is 41.3 Å².